The summed E-state index contributed by atoms with van der Waals surface area (Å²) >= 11 is 0. The molecule has 5 nitrogen and oxygen atoms in total. The minimum Gasteiger partial charge on any atom is -0.491 e. The average molecular weight is 469 g/mol. The summed E-state index contributed by atoms with van der Waals surface area (Å²) in [6.45, 7) is 5.96. The number of methoxy groups -OCH3 is 1. The van der Waals surface area contributed by atoms with Crippen LogP contribution in [0.4, 0.5) is 5.69 Å². The van der Waals surface area contributed by atoms with Gasteiger partial charge in [0.15, 0.2) is 5.96 Å². The third kappa shape index (κ3) is 7.61. The van der Waals surface area contributed by atoms with Gasteiger partial charge in [-0.2, -0.15) is 0 Å². The third-order valence-electron chi connectivity index (χ3n) is 3.74. The number of guanidine groups is 1. The molecule has 3 N–H and O–H groups in total. The van der Waals surface area contributed by atoms with Crippen molar-refractivity contribution in [2.75, 3.05) is 25.6 Å². The molecule has 26 heavy (non-hydrogen) atoms. The highest BCUT2D eigenvalue weighted by Crippen LogP contribution is 2.18. The van der Waals surface area contributed by atoms with Crippen LogP contribution in [-0.4, -0.2) is 26.3 Å². The van der Waals surface area contributed by atoms with E-state index in [0.29, 0.717) is 31.6 Å². The summed E-state index contributed by atoms with van der Waals surface area (Å²) in [7, 11) is 1.65. The number of hydrogen-bond acceptors (Lipinski definition) is 3. The quantitative estimate of drug-likeness (QED) is 0.261. The molecule has 2 aromatic rings. The summed E-state index contributed by atoms with van der Waals surface area (Å²) in [5, 5.41) is 3.14. The zero-order valence-electron chi connectivity index (χ0n) is 15.6. The Morgan fingerprint density at radius 2 is 1.85 bits per heavy atom. The van der Waals surface area contributed by atoms with Gasteiger partial charge in [0, 0.05) is 12.8 Å². The zero-order valence-corrected chi connectivity index (χ0v) is 17.9. The highest BCUT2D eigenvalue weighted by atomic mass is 127. The standard InChI is InChI=1S/C20H27N3O2.HI/c1-15(2)17-5-4-6-18(13-17)23-20(21)22-14-16-7-9-19(10-8-16)25-12-11-24-3;/h4-10,13,15H,11-12,14H2,1-3H3,(H3,21,22,23);1H. The first-order valence-electron chi connectivity index (χ1n) is 8.46. The number of halogens is 1. The van der Waals surface area contributed by atoms with Crippen LogP contribution in [0.15, 0.2) is 53.5 Å². The summed E-state index contributed by atoms with van der Waals surface area (Å²) in [5.74, 6) is 1.70. The lowest BCUT2D eigenvalue weighted by Crippen LogP contribution is -2.22. The molecule has 0 aliphatic heterocycles. The average Bonchev–Trinajstić information content (AvgIpc) is 2.61. The molecule has 0 spiro atoms. The molecule has 142 valence electrons. The predicted octanol–water partition coefficient (Wildman–Crippen LogP) is 4.38. The molecule has 0 saturated carbocycles. The van der Waals surface area contributed by atoms with Crippen molar-refractivity contribution in [2.45, 2.75) is 26.3 Å². The number of nitrogens with two attached hydrogens (primary N) is 1. The van der Waals surface area contributed by atoms with Crippen LogP contribution in [-0.2, 0) is 11.3 Å². The van der Waals surface area contributed by atoms with E-state index in [1.165, 1.54) is 5.56 Å². The number of hydrogen-bond donors (Lipinski definition) is 2. The van der Waals surface area contributed by atoms with Crippen molar-refractivity contribution in [3.05, 3.63) is 59.7 Å². The second kappa shape index (κ2) is 11.7. The highest BCUT2D eigenvalue weighted by molar-refractivity contribution is 14.0. The topological polar surface area (TPSA) is 68.9 Å². The van der Waals surface area contributed by atoms with E-state index in [4.69, 9.17) is 15.2 Å². The van der Waals surface area contributed by atoms with E-state index in [9.17, 15) is 0 Å². The van der Waals surface area contributed by atoms with Crippen molar-refractivity contribution in [1.29, 1.82) is 0 Å². The zero-order chi connectivity index (χ0) is 18.1. The van der Waals surface area contributed by atoms with Crippen LogP contribution < -0.4 is 15.8 Å². The molecule has 0 saturated heterocycles. The first-order valence-corrected chi connectivity index (χ1v) is 8.46. The molecule has 6 heteroatoms. The van der Waals surface area contributed by atoms with Crippen LogP contribution in [0.1, 0.15) is 30.9 Å². The first kappa shape index (κ1) is 22.2. The van der Waals surface area contributed by atoms with Gasteiger partial charge in [-0.25, -0.2) is 4.99 Å². The van der Waals surface area contributed by atoms with Crippen molar-refractivity contribution in [3.8, 4) is 5.75 Å². The van der Waals surface area contributed by atoms with Gasteiger partial charge >= 0.3 is 0 Å². The maximum atomic E-state index is 5.99. The second-order valence-corrected chi connectivity index (χ2v) is 6.09. The molecule has 0 heterocycles. The minimum absolute atomic E-state index is 0. The maximum Gasteiger partial charge on any atom is 0.193 e. The Balaban J connectivity index is 0.00000338. The normalized spacial score (nSPS) is 11.2. The van der Waals surface area contributed by atoms with Gasteiger partial charge in [-0.3, -0.25) is 0 Å². The van der Waals surface area contributed by atoms with E-state index < -0.39 is 0 Å². The Bertz CT molecular complexity index is 688. The maximum absolute atomic E-state index is 5.99. The van der Waals surface area contributed by atoms with E-state index in [1.807, 2.05) is 36.4 Å². The fourth-order valence-corrected chi connectivity index (χ4v) is 2.27. The summed E-state index contributed by atoms with van der Waals surface area (Å²) in [4.78, 5) is 4.39. The summed E-state index contributed by atoms with van der Waals surface area (Å²) < 4.78 is 10.5. The Hall–Kier alpha value is -1.80. The van der Waals surface area contributed by atoms with Crippen LogP contribution in [0.25, 0.3) is 0 Å². The van der Waals surface area contributed by atoms with Crippen LogP contribution >= 0.6 is 24.0 Å². The largest absolute Gasteiger partial charge is 0.491 e. The minimum atomic E-state index is 0. The first-order chi connectivity index (χ1) is 12.1. The predicted molar refractivity (Wildman–Crippen MR) is 119 cm³/mol. The number of rotatable bonds is 8. The number of aliphatic imine (C=N–C) groups is 1. The molecular formula is C20H28IN3O2. The molecule has 0 aromatic heterocycles. The van der Waals surface area contributed by atoms with E-state index in [-0.39, 0.29) is 24.0 Å². The Kier molecular flexibility index (Phi) is 10.0. The Morgan fingerprint density at radius 1 is 1.12 bits per heavy atom. The van der Waals surface area contributed by atoms with Crippen molar-refractivity contribution < 1.29 is 9.47 Å². The van der Waals surface area contributed by atoms with Crippen LogP contribution in [0.5, 0.6) is 5.75 Å². The number of nitrogens with one attached hydrogen (secondary N) is 1. The Morgan fingerprint density at radius 3 is 2.50 bits per heavy atom. The molecule has 0 atom stereocenters. The summed E-state index contributed by atoms with van der Waals surface area (Å²) in [5.41, 5.74) is 9.28. The van der Waals surface area contributed by atoms with E-state index in [1.54, 1.807) is 7.11 Å². The van der Waals surface area contributed by atoms with Gasteiger partial charge in [0.1, 0.15) is 12.4 Å². The molecular weight excluding hydrogens is 441 g/mol. The van der Waals surface area contributed by atoms with Gasteiger partial charge in [0.25, 0.3) is 0 Å². The number of anilines is 1. The van der Waals surface area contributed by atoms with Gasteiger partial charge in [-0.1, -0.05) is 38.1 Å². The SMILES string of the molecule is COCCOc1ccc(CN=C(N)Nc2cccc(C(C)C)c2)cc1.I. The number of ether oxygens (including phenoxy) is 2. The molecule has 0 aliphatic rings. The van der Waals surface area contributed by atoms with Gasteiger partial charge < -0.3 is 20.5 Å². The lowest BCUT2D eigenvalue weighted by Gasteiger charge is -2.10. The van der Waals surface area contributed by atoms with Crippen LogP contribution in [0.3, 0.4) is 0 Å². The lowest BCUT2D eigenvalue weighted by atomic mass is 10.0. The van der Waals surface area contributed by atoms with E-state index in [2.05, 4.69) is 36.3 Å². The molecule has 0 amide bonds. The second-order valence-electron chi connectivity index (χ2n) is 6.09. The smallest absolute Gasteiger partial charge is 0.193 e. The lowest BCUT2D eigenvalue weighted by molar-refractivity contribution is 0.146. The molecule has 0 aliphatic carbocycles. The van der Waals surface area contributed by atoms with Crippen molar-refractivity contribution >= 4 is 35.6 Å². The fraction of sp³-hybridized carbons (Fsp3) is 0.350. The summed E-state index contributed by atoms with van der Waals surface area (Å²) in [6.07, 6.45) is 0. The van der Waals surface area contributed by atoms with Crippen molar-refractivity contribution in [1.82, 2.24) is 0 Å². The molecule has 0 fully saturated rings. The van der Waals surface area contributed by atoms with Gasteiger partial charge in [-0.05, 0) is 41.3 Å². The van der Waals surface area contributed by atoms with Gasteiger partial charge in [-0.15, -0.1) is 24.0 Å². The molecule has 0 unspecified atom stereocenters. The monoisotopic (exact) mass is 469 g/mol. The Labute approximate surface area is 173 Å². The van der Waals surface area contributed by atoms with Crippen LogP contribution in [0, 0.1) is 0 Å². The van der Waals surface area contributed by atoms with E-state index in [0.717, 1.165) is 17.0 Å². The molecule has 0 bridgehead atoms. The molecule has 0 radical (unpaired) electrons. The van der Waals surface area contributed by atoms with Gasteiger partial charge in [0.05, 0.1) is 13.2 Å². The van der Waals surface area contributed by atoms with Crippen LogP contribution in [0.2, 0.25) is 0 Å². The highest BCUT2D eigenvalue weighted by Gasteiger charge is 2.01. The van der Waals surface area contributed by atoms with Crippen molar-refractivity contribution in [3.63, 3.8) is 0 Å². The summed E-state index contributed by atoms with van der Waals surface area (Å²) in [6, 6.07) is 16.0. The molecule has 2 aromatic carbocycles. The van der Waals surface area contributed by atoms with Crippen molar-refractivity contribution in [2.24, 2.45) is 10.7 Å². The number of nitrogens with zero attached hydrogens (tertiary/aromatic N) is 1. The fourth-order valence-electron chi connectivity index (χ4n) is 2.27. The van der Waals surface area contributed by atoms with E-state index >= 15 is 0 Å². The molecule has 2 rings (SSSR count). The number of benzene rings is 2. The van der Waals surface area contributed by atoms with Gasteiger partial charge in [0.2, 0.25) is 0 Å². The third-order valence-corrected chi connectivity index (χ3v) is 3.74.